The van der Waals surface area contributed by atoms with Gasteiger partial charge in [-0.15, -0.1) is 0 Å². The van der Waals surface area contributed by atoms with Gasteiger partial charge in [-0.25, -0.2) is 23.9 Å². The number of fused-ring (bicyclic) bond motifs is 4. The van der Waals surface area contributed by atoms with Crippen molar-refractivity contribution in [2.45, 2.75) is 190 Å². The largest absolute Gasteiger partial charge is 0.504 e. The van der Waals surface area contributed by atoms with Gasteiger partial charge in [0.2, 0.25) is 89.1 Å². The molecule has 15 amide bonds. The standard InChI is InChI=1S/C78H111FN22O26/c1-5-96-36-45(75(123)124)65(114)44-33-46(79)56(34-55(44)96)97-27-29-98(30-28-97)62(113)17-16-60(111)83-24-23-82-59(110)14-15-61(112)87-50-31-43-32-57(108)58(109)35-54(43)101-53(18-22-84-66(50)101)72(120)91-51(37-102)70(118)89-47(12-8-21-86-77(80)81)67(115)90-52(38-103)71(119)95-78(4,19-10-26-100(127)40-105)76(125)92-49-11-6-7-20-85-73(121)63(41(2)106)94-74(122)64(42(3)107)93-69(117)48(88-68(49)116)13-9-25-99(126)39-104/h31-36,39-42,47-49,51-53,63-64,102-103,106-107,126-127H,5-30,37-38H2,1-4H3,(H19,80,81,82,83,84,85,86,87,88,89,90,91,92,93,94,95,108,109,110,111,112,115,116,117,118,119,120,121,122,123,124,125)/p+1/t41-,42-,47-,48-,49-,51-,52+,53-,63+,64-,78-/m0/s1. The minimum absolute atomic E-state index is 0.00184. The van der Waals surface area contributed by atoms with Gasteiger partial charge in [-0.2, -0.15) is 0 Å². The van der Waals surface area contributed by atoms with Crippen molar-refractivity contribution in [1.29, 1.82) is 0 Å². The molecular formula is C78H112FN22O26+. The van der Waals surface area contributed by atoms with Crippen LogP contribution >= 0.6 is 0 Å². The number of aliphatic hydroxyl groups is 4. The van der Waals surface area contributed by atoms with E-state index in [1.165, 1.54) is 39.3 Å². The van der Waals surface area contributed by atoms with Gasteiger partial charge < -0.3 is 125 Å². The number of rotatable bonds is 41. The van der Waals surface area contributed by atoms with Gasteiger partial charge >= 0.3 is 5.97 Å². The molecular weight excluding hydrogens is 1680 g/mol. The molecule has 26 N–H and O–H groups in total. The molecule has 7 rings (SSSR count). The summed E-state index contributed by atoms with van der Waals surface area (Å²) in [5.41, 5.74) is 8.10. The Morgan fingerprint density at radius 3 is 1.92 bits per heavy atom. The van der Waals surface area contributed by atoms with Gasteiger partial charge in [0.15, 0.2) is 23.5 Å². The van der Waals surface area contributed by atoms with Gasteiger partial charge in [0, 0.05) is 127 Å². The Kier molecular flexibility index (Phi) is 37.9. The van der Waals surface area contributed by atoms with Gasteiger partial charge in [0.25, 0.3) is 11.7 Å². The number of aromatic carboxylic acids is 1. The Balaban J connectivity index is 0.986. The van der Waals surface area contributed by atoms with Crippen molar-refractivity contribution in [2.75, 3.05) is 101 Å². The molecule has 127 heavy (non-hydrogen) atoms. The highest BCUT2D eigenvalue weighted by Gasteiger charge is 2.43. The number of nitrogens with one attached hydrogen (secondary N) is 13. The van der Waals surface area contributed by atoms with E-state index in [9.17, 15) is 128 Å². The van der Waals surface area contributed by atoms with Crippen LogP contribution in [0.15, 0.2) is 46.3 Å². The second-order valence-corrected chi connectivity index (χ2v) is 30.7. The number of aliphatic imine (C=N–C) groups is 1. The number of hydrogen-bond acceptors (Lipinski definition) is 28. The highest BCUT2D eigenvalue weighted by atomic mass is 19.1. The SMILES string of the molecule is CCn1cc(C(=O)O)c(=O)c2cc(F)c(N3CCN(C(=O)CCC(=O)NCCNC(=O)CCC(=O)Nc4cc5cc(O)c(O)cc5[n+]5c4NCC[C@H]5C(=O)N[C@@H](CO)C(=O)N[C@@H](CCCN=C(N)N)C(=O)N[C@H](CO)C(=O)N[C@@](C)(CCCN(O)C=O)C(=O)N[C@H]4CCCCNC(=O)[C@@H]([C@H](C)O)NC(=O)[C@H]([C@H](C)O)NC(=O)[C@H](CCCN(O)C=O)NC4=O)CC3)cc21. The van der Waals surface area contributed by atoms with Crippen LogP contribution in [-0.2, 0) is 78.5 Å². The van der Waals surface area contributed by atoms with E-state index < -0.39 is 210 Å². The number of pyridine rings is 2. The fourth-order valence-electron chi connectivity index (χ4n) is 14.3. The van der Waals surface area contributed by atoms with E-state index in [4.69, 9.17) is 11.5 Å². The van der Waals surface area contributed by atoms with E-state index in [1.54, 1.807) is 11.8 Å². The number of aryl methyl sites for hydroxylation is 1. The lowest BCUT2D eigenvalue weighted by molar-refractivity contribution is -0.674. The molecule has 0 bridgehead atoms. The number of aromatic nitrogens is 2. The fourth-order valence-corrected chi connectivity index (χ4v) is 14.3. The number of guanidine groups is 1. The van der Waals surface area contributed by atoms with Gasteiger partial charge in [0.05, 0.1) is 43.2 Å². The third kappa shape index (κ3) is 28.4. The summed E-state index contributed by atoms with van der Waals surface area (Å²) in [5.74, 6) is -16.1. The van der Waals surface area contributed by atoms with Crippen LogP contribution in [0, 0.1) is 5.82 Å². The number of amides is 15. The molecule has 3 aliphatic heterocycles. The first-order valence-electron chi connectivity index (χ1n) is 41.1. The zero-order valence-corrected chi connectivity index (χ0v) is 70.3. The number of nitrogens with zero attached hydrogens (tertiary/aromatic N) is 7. The van der Waals surface area contributed by atoms with Crippen molar-refractivity contribution < 1.29 is 132 Å². The van der Waals surface area contributed by atoms with Crippen LogP contribution in [0.3, 0.4) is 0 Å². The highest BCUT2D eigenvalue weighted by molar-refractivity contribution is 6.02. The predicted octanol–water partition coefficient (Wildman–Crippen LogP) is -7.23. The first-order valence-corrected chi connectivity index (χ1v) is 41.1. The van der Waals surface area contributed by atoms with Gasteiger partial charge in [-0.3, -0.25) is 97.4 Å². The van der Waals surface area contributed by atoms with Crippen molar-refractivity contribution in [3.63, 3.8) is 0 Å². The Morgan fingerprint density at radius 1 is 0.701 bits per heavy atom. The Hall–Kier alpha value is -13.3. The van der Waals surface area contributed by atoms with Crippen LogP contribution in [0.5, 0.6) is 11.5 Å². The number of aliphatic hydroxyl groups excluding tert-OH is 4. The number of benzene rings is 2. The third-order valence-electron chi connectivity index (χ3n) is 21.3. The summed E-state index contributed by atoms with van der Waals surface area (Å²) in [6, 6.07) is -7.68. The van der Waals surface area contributed by atoms with Crippen molar-refractivity contribution in [2.24, 2.45) is 16.5 Å². The van der Waals surface area contributed by atoms with Crippen LogP contribution in [-0.4, -0.2) is 313 Å². The molecule has 2 fully saturated rings. The van der Waals surface area contributed by atoms with E-state index in [2.05, 4.69) is 74.1 Å². The summed E-state index contributed by atoms with van der Waals surface area (Å²) in [4.78, 5) is 235. The molecule has 2 aromatic carbocycles. The number of anilines is 3. The monoisotopic (exact) mass is 1790 g/mol. The molecule has 0 saturated carbocycles. The number of carbonyl (C=O) groups is 16. The van der Waals surface area contributed by atoms with E-state index in [1.807, 2.05) is 0 Å². The van der Waals surface area contributed by atoms with Gasteiger partial charge in [-0.05, 0) is 110 Å². The summed E-state index contributed by atoms with van der Waals surface area (Å²) in [7, 11) is 0. The minimum atomic E-state index is -2.25. The Morgan fingerprint density at radius 2 is 1.30 bits per heavy atom. The molecule has 0 radical (unpaired) electrons. The highest BCUT2D eigenvalue weighted by Crippen LogP contribution is 2.36. The lowest BCUT2D eigenvalue weighted by Gasteiger charge is -2.36. The molecule has 3 aliphatic rings. The number of carbonyl (C=O) groups excluding carboxylic acids is 15. The number of phenolic OH excluding ortho intramolecular Hbond substituents is 2. The number of piperazine rings is 1. The van der Waals surface area contributed by atoms with Crippen LogP contribution in [0.4, 0.5) is 21.6 Å². The topological polar surface area (TPSA) is 715 Å². The average Bonchev–Trinajstić information content (AvgIpc) is 0.751. The van der Waals surface area contributed by atoms with E-state index in [-0.39, 0.29) is 204 Å². The second-order valence-electron chi connectivity index (χ2n) is 30.7. The Bertz CT molecular complexity index is 4800. The van der Waals surface area contributed by atoms with Crippen molar-refractivity contribution >= 4 is 141 Å². The molecule has 0 unspecified atom stereocenters. The summed E-state index contributed by atoms with van der Waals surface area (Å²) >= 11 is 0. The number of nitrogens with two attached hydrogens (primary N) is 2. The number of phenols is 2. The number of carboxylic acid groups (broad SMARTS) is 1. The summed E-state index contributed by atoms with van der Waals surface area (Å²) in [6.07, 6.45) is -5.20. The quantitative estimate of drug-likeness (QED) is 0.00287. The normalized spacial score (nSPS) is 18.6. The maximum atomic E-state index is 15.5. The summed E-state index contributed by atoms with van der Waals surface area (Å²) < 4.78 is 18.4. The molecule has 0 aliphatic carbocycles. The maximum Gasteiger partial charge on any atom is 0.341 e. The number of aromatic hydroxyl groups is 2. The van der Waals surface area contributed by atoms with Crippen LogP contribution in [0.2, 0.25) is 0 Å². The summed E-state index contributed by atoms with van der Waals surface area (Å²) in [5, 5.41) is 127. The molecule has 0 spiro atoms. The van der Waals surface area contributed by atoms with E-state index in [0.717, 1.165) is 32.0 Å². The van der Waals surface area contributed by atoms with Crippen LogP contribution < -0.4 is 95.5 Å². The molecule has 2 saturated heterocycles. The molecule has 48 nitrogen and oxygen atoms in total. The average molecular weight is 1790 g/mol. The fraction of sp³-hybridized carbons (Fsp3) is 0.551. The van der Waals surface area contributed by atoms with Crippen molar-refractivity contribution in [3.05, 3.63) is 58.1 Å². The number of hydroxylamine groups is 4. The zero-order chi connectivity index (χ0) is 93.7. The molecule has 2 aromatic heterocycles. The molecule has 11 atom stereocenters. The predicted molar refractivity (Wildman–Crippen MR) is 444 cm³/mol. The van der Waals surface area contributed by atoms with Crippen molar-refractivity contribution in [3.8, 4) is 11.5 Å². The zero-order valence-electron chi connectivity index (χ0n) is 70.3. The number of carboxylic acids is 1. The van der Waals surface area contributed by atoms with Gasteiger partial charge in [-0.1, -0.05) is 0 Å². The molecule has 4 aromatic rings. The van der Waals surface area contributed by atoms with Crippen LogP contribution in [0.25, 0.3) is 21.8 Å². The molecule has 49 heteroatoms. The van der Waals surface area contributed by atoms with Crippen molar-refractivity contribution in [1.82, 2.24) is 78.1 Å². The lowest BCUT2D eigenvalue weighted by atomic mass is 9.92. The number of halogens is 1. The minimum Gasteiger partial charge on any atom is -0.504 e. The summed E-state index contributed by atoms with van der Waals surface area (Å²) in [6.45, 7) is 2.57. The first kappa shape index (κ1) is 101. The number of hydrogen-bond donors (Lipinski definition) is 24. The van der Waals surface area contributed by atoms with Crippen LogP contribution in [0.1, 0.15) is 134 Å². The van der Waals surface area contributed by atoms with E-state index >= 15 is 4.39 Å². The Labute approximate surface area is 724 Å². The second kappa shape index (κ2) is 47.7. The molecule has 5 heterocycles. The lowest BCUT2D eigenvalue weighted by Crippen LogP contribution is -2.65. The third-order valence-corrected chi connectivity index (χ3v) is 21.3. The smallest absolute Gasteiger partial charge is 0.341 e. The first-order chi connectivity index (χ1) is 60.3. The van der Waals surface area contributed by atoms with E-state index in [0.29, 0.717) is 12.1 Å². The molecule has 696 valence electrons. The van der Waals surface area contributed by atoms with Gasteiger partial charge in [0.1, 0.15) is 70.4 Å². The maximum absolute atomic E-state index is 15.5.